The molecule has 0 unspecified atom stereocenters. The molecule has 0 spiro atoms. The molecule has 0 radical (unpaired) electrons. The molecule has 3 rings (SSSR count). The summed E-state index contributed by atoms with van der Waals surface area (Å²) in [5.41, 5.74) is 2.87. The minimum Gasteiger partial charge on any atom is -0.462 e. The third kappa shape index (κ3) is 6.74. The molecule has 33 heavy (non-hydrogen) atoms. The van der Waals surface area contributed by atoms with Crippen molar-refractivity contribution in [3.8, 4) is 11.1 Å². The van der Waals surface area contributed by atoms with Gasteiger partial charge in [-0.3, -0.25) is 4.79 Å². The van der Waals surface area contributed by atoms with Gasteiger partial charge >= 0.3 is 5.97 Å². The fraction of sp³-hybridized carbons (Fsp3) is 0.308. The van der Waals surface area contributed by atoms with Crippen molar-refractivity contribution in [2.75, 3.05) is 31.7 Å². The maximum Gasteiger partial charge on any atom is 0.341 e. The van der Waals surface area contributed by atoms with Gasteiger partial charge in [-0.2, -0.15) is 0 Å². The first-order chi connectivity index (χ1) is 16.2. The third-order valence-corrected chi connectivity index (χ3v) is 5.90. The zero-order chi connectivity index (χ0) is 23.5. The molecule has 7 heteroatoms. The highest BCUT2D eigenvalue weighted by Crippen LogP contribution is 2.36. The fourth-order valence-electron chi connectivity index (χ4n) is 3.44. The average molecular weight is 467 g/mol. The molecule has 1 amide bonds. The van der Waals surface area contributed by atoms with Crippen molar-refractivity contribution >= 4 is 28.2 Å². The van der Waals surface area contributed by atoms with E-state index in [9.17, 15) is 9.59 Å². The number of hydrogen-bond acceptors (Lipinski definition) is 6. The van der Waals surface area contributed by atoms with Crippen molar-refractivity contribution in [3.63, 3.8) is 0 Å². The first kappa shape index (κ1) is 24.6. The Morgan fingerprint density at radius 1 is 0.970 bits per heavy atom. The predicted molar refractivity (Wildman–Crippen MR) is 133 cm³/mol. The second-order valence-corrected chi connectivity index (χ2v) is 8.16. The summed E-state index contributed by atoms with van der Waals surface area (Å²) in [4.78, 5) is 26.2. The quantitative estimate of drug-likeness (QED) is 0.280. The molecule has 0 fully saturated rings. The van der Waals surface area contributed by atoms with Crippen molar-refractivity contribution in [2.45, 2.75) is 26.3 Å². The number of benzene rings is 2. The van der Waals surface area contributed by atoms with Crippen LogP contribution in [0.3, 0.4) is 0 Å². The standard InChI is InChI=1S/C26H30N2O4S/c1-3-31-17-11-16-27-23(20-14-9-6-10-15-20)24(29)28-25-22(26(30)32-4-2)21(18-33-25)19-12-7-5-8-13-19/h5-10,12-15,18,23,27H,3-4,11,16-17H2,1-2H3,(H,28,29)/t23-/m0/s1. The van der Waals surface area contributed by atoms with Crippen LogP contribution in [-0.4, -0.2) is 38.2 Å². The number of rotatable bonds is 12. The lowest BCUT2D eigenvalue weighted by Gasteiger charge is -2.19. The number of anilines is 1. The largest absolute Gasteiger partial charge is 0.462 e. The molecule has 0 saturated carbocycles. The van der Waals surface area contributed by atoms with E-state index in [1.165, 1.54) is 11.3 Å². The zero-order valence-electron chi connectivity index (χ0n) is 19.0. The molecule has 1 heterocycles. The van der Waals surface area contributed by atoms with E-state index < -0.39 is 12.0 Å². The second kappa shape index (κ2) is 12.9. The lowest BCUT2D eigenvalue weighted by atomic mass is 10.0. The summed E-state index contributed by atoms with van der Waals surface area (Å²) in [5.74, 6) is -0.682. The molecule has 0 saturated heterocycles. The van der Waals surface area contributed by atoms with Crippen LogP contribution < -0.4 is 10.6 Å². The van der Waals surface area contributed by atoms with Gasteiger partial charge in [-0.05, 0) is 37.9 Å². The molecular weight excluding hydrogens is 436 g/mol. The van der Waals surface area contributed by atoms with Crippen LogP contribution in [0.4, 0.5) is 5.00 Å². The van der Waals surface area contributed by atoms with Crippen molar-refractivity contribution in [1.29, 1.82) is 0 Å². The molecule has 2 N–H and O–H groups in total. The summed E-state index contributed by atoms with van der Waals surface area (Å²) >= 11 is 1.32. The Morgan fingerprint density at radius 2 is 1.67 bits per heavy atom. The first-order valence-corrected chi connectivity index (χ1v) is 12.0. The van der Waals surface area contributed by atoms with Crippen LogP contribution in [0.1, 0.15) is 42.2 Å². The number of carbonyl (C=O) groups excluding carboxylic acids is 2. The number of esters is 1. The van der Waals surface area contributed by atoms with Gasteiger partial charge in [0, 0.05) is 24.2 Å². The number of ether oxygens (including phenoxy) is 2. The molecule has 1 atom stereocenters. The number of nitrogens with one attached hydrogen (secondary N) is 2. The van der Waals surface area contributed by atoms with Gasteiger partial charge in [-0.15, -0.1) is 11.3 Å². The number of carbonyl (C=O) groups is 2. The van der Waals surface area contributed by atoms with Crippen molar-refractivity contribution < 1.29 is 19.1 Å². The van der Waals surface area contributed by atoms with Crippen LogP contribution in [0.2, 0.25) is 0 Å². The Morgan fingerprint density at radius 3 is 2.33 bits per heavy atom. The van der Waals surface area contributed by atoms with Gasteiger partial charge in [0.05, 0.1) is 6.61 Å². The topological polar surface area (TPSA) is 76.7 Å². The van der Waals surface area contributed by atoms with Crippen LogP contribution in [0.15, 0.2) is 66.0 Å². The Bertz CT molecular complexity index is 1020. The van der Waals surface area contributed by atoms with Crippen molar-refractivity contribution in [2.24, 2.45) is 0 Å². The SMILES string of the molecule is CCOCCCN[C@H](C(=O)Nc1scc(-c2ccccc2)c1C(=O)OCC)c1ccccc1. The summed E-state index contributed by atoms with van der Waals surface area (Å²) in [6.45, 7) is 5.90. The third-order valence-electron chi connectivity index (χ3n) is 5.01. The molecule has 0 aliphatic heterocycles. The molecule has 2 aromatic carbocycles. The number of hydrogen-bond donors (Lipinski definition) is 2. The van der Waals surface area contributed by atoms with E-state index in [4.69, 9.17) is 9.47 Å². The van der Waals surface area contributed by atoms with Gasteiger partial charge in [-0.1, -0.05) is 60.7 Å². The van der Waals surface area contributed by atoms with Gasteiger partial charge < -0.3 is 20.1 Å². The highest BCUT2D eigenvalue weighted by Gasteiger charge is 2.26. The van der Waals surface area contributed by atoms with Crippen LogP contribution in [0.25, 0.3) is 11.1 Å². The van der Waals surface area contributed by atoms with Gasteiger partial charge in [-0.25, -0.2) is 4.79 Å². The summed E-state index contributed by atoms with van der Waals surface area (Å²) in [6, 6.07) is 18.6. The Balaban J connectivity index is 1.85. The second-order valence-electron chi connectivity index (χ2n) is 7.28. The predicted octanol–water partition coefficient (Wildman–Crippen LogP) is 5.29. The highest BCUT2D eigenvalue weighted by molar-refractivity contribution is 7.15. The van der Waals surface area contributed by atoms with Crippen molar-refractivity contribution in [1.82, 2.24) is 5.32 Å². The van der Waals surface area contributed by atoms with E-state index in [0.29, 0.717) is 30.3 Å². The molecule has 6 nitrogen and oxygen atoms in total. The first-order valence-electron chi connectivity index (χ1n) is 11.2. The molecule has 174 valence electrons. The Kier molecular flexibility index (Phi) is 9.62. The minimum atomic E-state index is -0.565. The van der Waals surface area contributed by atoms with Gasteiger partial charge in [0.15, 0.2) is 0 Å². The molecule has 3 aromatic rings. The maximum absolute atomic E-state index is 13.4. The zero-order valence-corrected chi connectivity index (χ0v) is 19.8. The monoisotopic (exact) mass is 466 g/mol. The van der Waals surface area contributed by atoms with E-state index >= 15 is 0 Å². The van der Waals surface area contributed by atoms with E-state index in [-0.39, 0.29) is 12.5 Å². The molecule has 0 bridgehead atoms. The number of amides is 1. The van der Waals surface area contributed by atoms with E-state index in [2.05, 4.69) is 10.6 Å². The van der Waals surface area contributed by atoms with Gasteiger partial charge in [0.25, 0.3) is 0 Å². The minimum absolute atomic E-state index is 0.232. The van der Waals surface area contributed by atoms with Gasteiger partial charge in [0.1, 0.15) is 16.6 Å². The van der Waals surface area contributed by atoms with E-state index in [0.717, 1.165) is 23.1 Å². The Labute approximate surface area is 198 Å². The average Bonchev–Trinajstić information content (AvgIpc) is 3.26. The summed E-state index contributed by atoms with van der Waals surface area (Å²) in [6.07, 6.45) is 0.787. The summed E-state index contributed by atoms with van der Waals surface area (Å²) in [5, 5.41) is 8.66. The molecular formula is C26H30N2O4S. The Hall–Kier alpha value is -3.00. The van der Waals surface area contributed by atoms with Gasteiger partial charge in [0.2, 0.25) is 5.91 Å². The maximum atomic E-state index is 13.4. The van der Waals surface area contributed by atoms with Crippen LogP contribution in [0.5, 0.6) is 0 Å². The van der Waals surface area contributed by atoms with E-state index in [1.807, 2.05) is 73.0 Å². The van der Waals surface area contributed by atoms with Crippen LogP contribution in [-0.2, 0) is 14.3 Å². The molecule has 0 aliphatic rings. The normalized spacial score (nSPS) is 11.7. The van der Waals surface area contributed by atoms with Crippen molar-refractivity contribution in [3.05, 3.63) is 77.2 Å². The lowest BCUT2D eigenvalue weighted by Crippen LogP contribution is -2.34. The molecule has 1 aromatic heterocycles. The smallest absolute Gasteiger partial charge is 0.341 e. The summed E-state index contributed by atoms with van der Waals surface area (Å²) in [7, 11) is 0. The lowest BCUT2D eigenvalue weighted by molar-refractivity contribution is -0.118. The molecule has 0 aliphatic carbocycles. The number of thiophene rings is 1. The van der Waals surface area contributed by atoms with Crippen LogP contribution in [0, 0.1) is 0 Å². The fourth-order valence-corrected chi connectivity index (χ4v) is 4.40. The summed E-state index contributed by atoms with van der Waals surface area (Å²) < 4.78 is 10.7. The van der Waals surface area contributed by atoms with E-state index in [1.54, 1.807) is 6.92 Å². The highest BCUT2D eigenvalue weighted by atomic mass is 32.1. The van der Waals surface area contributed by atoms with Crippen LogP contribution >= 0.6 is 11.3 Å².